The van der Waals surface area contributed by atoms with Crippen molar-refractivity contribution >= 4 is 0 Å². The van der Waals surface area contributed by atoms with Gasteiger partial charge in [0.2, 0.25) is 0 Å². The molecule has 0 radical (unpaired) electrons. The van der Waals surface area contributed by atoms with Crippen molar-refractivity contribution in [3.8, 4) is 5.75 Å². The Labute approximate surface area is 133 Å². The van der Waals surface area contributed by atoms with E-state index in [0.29, 0.717) is 38.2 Å². The molecule has 0 amide bonds. The number of rotatable bonds is 4. The van der Waals surface area contributed by atoms with Crippen LogP contribution in [-0.2, 0) is 19.1 Å². The quantitative estimate of drug-likeness (QED) is 0.839. The molecule has 2 nitrogen and oxygen atoms in total. The molecule has 0 aliphatic carbocycles. The number of alkyl halides is 3. The number of nitrogens with zero attached hydrogens (tertiary/aromatic N) is 1. The van der Waals surface area contributed by atoms with E-state index in [9.17, 15) is 13.2 Å². The molecule has 0 bridgehead atoms. The van der Waals surface area contributed by atoms with E-state index in [1.54, 1.807) is 6.07 Å². The second-order valence-corrected chi connectivity index (χ2v) is 5.63. The van der Waals surface area contributed by atoms with E-state index >= 15 is 0 Å². The first-order valence-corrected chi connectivity index (χ1v) is 7.62. The van der Waals surface area contributed by atoms with Crippen LogP contribution in [0.15, 0.2) is 48.5 Å². The molecule has 0 unspecified atom stereocenters. The molecule has 1 heterocycles. The van der Waals surface area contributed by atoms with E-state index < -0.39 is 11.7 Å². The van der Waals surface area contributed by atoms with Gasteiger partial charge in [-0.25, -0.2) is 0 Å². The Morgan fingerprint density at radius 2 is 1.78 bits per heavy atom. The smallest absolute Gasteiger partial charge is 0.416 e. The number of fused-ring (bicyclic) bond motifs is 1. The summed E-state index contributed by atoms with van der Waals surface area (Å²) in [5, 5.41) is 0. The normalized spacial score (nSPS) is 15.3. The Hall–Kier alpha value is -2.01. The molecule has 0 saturated carbocycles. The largest absolute Gasteiger partial charge is 0.492 e. The van der Waals surface area contributed by atoms with Crippen LogP contribution < -0.4 is 4.74 Å². The Balaban J connectivity index is 1.60. The highest BCUT2D eigenvalue weighted by molar-refractivity contribution is 5.38. The summed E-state index contributed by atoms with van der Waals surface area (Å²) in [6.07, 6.45) is -3.85. The molecule has 23 heavy (non-hydrogen) atoms. The fourth-order valence-electron chi connectivity index (χ4n) is 2.93. The molecule has 122 valence electrons. The monoisotopic (exact) mass is 321 g/mol. The van der Waals surface area contributed by atoms with E-state index in [-0.39, 0.29) is 0 Å². The Morgan fingerprint density at radius 1 is 1.00 bits per heavy atom. The second kappa shape index (κ2) is 6.62. The minimum atomic E-state index is -4.27. The predicted molar refractivity (Wildman–Crippen MR) is 82.4 cm³/mol. The highest BCUT2D eigenvalue weighted by Crippen LogP contribution is 2.35. The summed E-state index contributed by atoms with van der Waals surface area (Å²) in [6, 6.07) is 14.0. The molecule has 3 rings (SSSR count). The van der Waals surface area contributed by atoms with Crippen LogP contribution >= 0.6 is 0 Å². The van der Waals surface area contributed by atoms with Gasteiger partial charge in [0, 0.05) is 19.6 Å². The average molecular weight is 321 g/mol. The highest BCUT2D eigenvalue weighted by atomic mass is 19.4. The zero-order valence-corrected chi connectivity index (χ0v) is 12.6. The molecule has 0 fully saturated rings. The highest BCUT2D eigenvalue weighted by Gasteiger charge is 2.35. The summed E-state index contributed by atoms with van der Waals surface area (Å²) in [5.74, 6) is 0.810. The summed E-state index contributed by atoms with van der Waals surface area (Å²) in [5.41, 5.74) is 0.723. The lowest BCUT2D eigenvalue weighted by atomic mass is 9.94. The topological polar surface area (TPSA) is 12.5 Å². The van der Waals surface area contributed by atoms with E-state index in [2.05, 4.69) is 4.90 Å². The van der Waals surface area contributed by atoms with Crippen LogP contribution in [0.25, 0.3) is 0 Å². The Morgan fingerprint density at radius 3 is 2.52 bits per heavy atom. The van der Waals surface area contributed by atoms with Crippen LogP contribution in [0.5, 0.6) is 5.75 Å². The van der Waals surface area contributed by atoms with Crippen molar-refractivity contribution in [3.05, 3.63) is 65.2 Å². The van der Waals surface area contributed by atoms with Crippen LogP contribution in [0.2, 0.25) is 0 Å². The van der Waals surface area contributed by atoms with Gasteiger partial charge in [-0.2, -0.15) is 13.2 Å². The fourth-order valence-corrected chi connectivity index (χ4v) is 2.93. The van der Waals surface area contributed by atoms with Crippen LogP contribution in [0.4, 0.5) is 13.2 Å². The molecule has 0 spiro atoms. The zero-order chi connectivity index (χ0) is 16.3. The summed E-state index contributed by atoms with van der Waals surface area (Å²) >= 11 is 0. The molecule has 2 aromatic rings. The molecule has 0 aromatic heterocycles. The van der Waals surface area contributed by atoms with E-state index in [4.69, 9.17) is 4.74 Å². The van der Waals surface area contributed by atoms with Gasteiger partial charge < -0.3 is 4.74 Å². The van der Waals surface area contributed by atoms with Gasteiger partial charge >= 0.3 is 6.18 Å². The summed E-state index contributed by atoms with van der Waals surface area (Å²) in [6.45, 7) is 2.39. The number of halogens is 3. The minimum Gasteiger partial charge on any atom is -0.492 e. The van der Waals surface area contributed by atoms with Gasteiger partial charge in [-0.3, -0.25) is 4.90 Å². The summed E-state index contributed by atoms with van der Waals surface area (Å²) in [4.78, 5) is 2.13. The Bertz CT molecular complexity index is 655. The third kappa shape index (κ3) is 3.85. The number of benzene rings is 2. The Kier molecular flexibility index (Phi) is 4.57. The van der Waals surface area contributed by atoms with Gasteiger partial charge in [0.1, 0.15) is 12.4 Å². The maximum atomic E-state index is 13.0. The zero-order valence-electron chi connectivity index (χ0n) is 12.6. The van der Waals surface area contributed by atoms with Crippen molar-refractivity contribution in [1.29, 1.82) is 0 Å². The van der Waals surface area contributed by atoms with Gasteiger partial charge in [0.05, 0.1) is 5.56 Å². The van der Waals surface area contributed by atoms with Crippen molar-refractivity contribution in [2.24, 2.45) is 0 Å². The van der Waals surface area contributed by atoms with Crippen molar-refractivity contribution in [2.75, 3.05) is 19.7 Å². The SMILES string of the molecule is FC(F)(F)c1cccc2c1CCN(CCOc1ccccc1)C2. The van der Waals surface area contributed by atoms with E-state index in [1.807, 2.05) is 30.3 Å². The molecule has 0 N–H and O–H groups in total. The molecule has 0 atom stereocenters. The van der Waals surface area contributed by atoms with Crippen LogP contribution in [0.3, 0.4) is 0 Å². The van der Waals surface area contributed by atoms with Crippen LogP contribution in [0, 0.1) is 0 Å². The maximum Gasteiger partial charge on any atom is 0.416 e. The minimum absolute atomic E-state index is 0.427. The lowest BCUT2D eigenvalue weighted by Crippen LogP contribution is -2.34. The van der Waals surface area contributed by atoms with Gasteiger partial charge in [-0.05, 0) is 35.7 Å². The number of para-hydroxylation sites is 1. The number of hydrogen-bond donors (Lipinski definition) is 0. The molecule has 5 heteroatoms. The predicted octanol–water partition coefficient (Wildman–Crippen LogP) is 4.14. The average Bonchev–Trinajstić information content (AvgIpc) is 2.54. The maximum absolute atomic E-state index is 13.0. The molecule has 0 saturated heterocycles. The standard InChI is InChI=1S/C18H18F3NO/c19-18(20,21)17-8-4-5-14-13-22(10-9-16(14)17)11-12-23-15-6-2-1-3-7-15/h1-8H,9-13H2. The van der Waals surface area contributed by atoms with Crippen molar-refractivity contribution in [2.45, 2.75) is 19.1 Å². The third-order valence-electron chi connectivity index (χ3n) is 4.07. The van der Waals surface area contributed by atoms with Crippen molar-refractivity contribution in [3.63, 3.8) is 0 Å². The first kappa shape index (κ1) is 15.9. The van der Waals surface area contributed by atoms with Crippen LogP contribution in [-0.4, -0.2) is 24.6 Å². The third-order valence-corrected chi connectivity index (χ3v) is 4.07. The summed E-state index contributed by atoms with van der Waals surface area (Å²) < 4.78 is 44.7. The molecule has 2 aromatic carbocycles. The molecule has 1 aliphatic heterocycles. The van der Waals surface area contributed by atoms with E-state index in [1.165, 1.54) is 12.1 Å². The van der Waals surface area contributed by atoms with Gasteiger partial charge in [-0.1, -0.05) is 30.3 Å². The fraction of sp³-hybridized carbons (Fsp3) is 0.333. The van der Waals surface area contributed by atoms with E-state index in [0.717, 1.165) is 11.3 Å². The van der Waals surface area contributed by atoms with Crippen LogP contribution in [0.1, 0.15) is 16.7 Å². The van der Waals surface area contributed by atoms with Gasteiger partial charge in [0.25, 0.3) is 0 Å². The lowest BCUT2D eigenvalue weighted by Gasteiger charge is -2.30. The first-order valence-electron chi connectivity index (χ1n) is 7.62. The molecular formula is C18H18F3NO. The summed E-state index contributed by atoms with van der Waals surface area (Å²) in [7, 11) is 0. The van der Waals surface area contributed by atoms with Crippen molar-refractivity contribution < 1.29 is 17.9 Å². The lowest BCUT2D eigenvalue weighted by molar-refractivity contribution is -0.138. The van der Waals surface area contributed by atoms with Crippen molar-refractivity contribution in [1.82, 2.24) is 4.90 Å². The molecular weight excluding hydrogens is 303 g/mol. The number of hydrogen-bond acceptors (Lipinski definition) is 2. The second-order valence-electron chi connectivity index (χ2n) is 5.63. The van der Waals surface area contributed by atoms with Gasteiger partial charge in [-0.15, -0.1) is 0 Å². The molecule has 1 aliphatic rings. The first-order chi connectivity index (χ1) is 11.0. The van der Waals surface area contributed by atoms with Gasteiger partial charge in [0.15, 0.2) is 0 Å². The number of ether oxygens (including phenoxy) is 1.